The van der Waals surface area contributed by atoms with Crippen LogP contribution in [0, 0.1) is 6.57 Å². The fourth-order valence-electron chi connectivity index (χ4n) is 1.58. The lowest BCUT2D eigenvalue weighted by Gasteiger charge is -2.10. The van der Waals surface area contributed by atoms with Crippen molar-refractivity contribution in [3.63, 3.8) is 0 Å². The van der Waals surface area contributed by atoms with Gasteiger partial charge in [-0.05, 0) is 17.7 Å². The van der Waals surface area contributed by atoms with Crippen LogP contribution in [0.15, 0.2) is 48.5 Å². The molecular weight excluding hydrogens is 226 g/mol. The lowest BCUT2D eigenvalue weighted by atomic mass is 10.2. The fourth-order valence-corrected chi connectivity index (χ4v) is 1.58. The van der Waals surface area contributed by atoms with Crippen LogP contribution in [0.5, 0.6) is 11.5 Å². The van der Waals surface area contributed by atoms with Gasteiger partial charge in [0.1, 0.15) is 12.4 Å². The molecule has 0 unspecified atom stereocenters. The summed E-state index contributed by atoms with van der Waals surface area (Å²) in [4.78, 5) is 3.35. The Labute approximate surface area is 106 Å². The van der Waals surface area contributed by atoms with Gasteiger partial charge in [0.2, 0.25) is 0 Å². The molecule has 18 heavy (non-hydrogen) atoms. The molecule has 0 heterocycles. The van der Waals surface area contributed by atoms with Crippen molar-refractivity contribution in [1.82, 2.24) is 0 Å². The minimum atomic E-state index is 0.481. The standard InChI is InChI=1S/C15H13NO2/c1-16-13-8-9-14(15(10-13)17-2)18-11-12-6-4-3-5-7-12/h3-10H,11H2,2H3. The first-order chi connectivity index (χ1) is 8.83. The predicted molar refractivity (Wildman–Crippen MR) is 70.0 cm³/mol. The van der Waals surface area contributed by atoms with E-state index in [0.717, 1.165) is 5.56 Å². The van der Waals surface area contributed by atoms with Gasteiger partial charge in [-0.3, -0.25) is 0 Å². The van der Waals surface area contributed by atoms with Gasteiger partial charge in [0.05, 0.1) is 13.7 Å². The molecule has 0 fully saturated rings. The molecule has 0 bridgehead atoms. The smallest absolute Gasteiger partial charge is 0.191 e. The Kier molecular flexibility index (Phi) is 3.83. The zero-order chi connectivity index (χ0) is 12.8. The van der Waals surface area contributed by atoms with Gasteiger partial charge < -0.3 is 9.47 Å². The van der Waals surface area contributed by atoms with Gasteiger partial charge in [-0.2, -0.15) is 0 Å². The van der Waals surface area contributed by atoms with Crippen LogP contribution in [0.25, 0.3) is 4.85 Å². The molecule has 0 saturated carbocycles. The highest BCUT2D eigenvalue weighted by Gasteiger charge is 2.05. The molecule has 0 radical (unpaired) electrons. The van der Waals surface area contributed by atoms with Gasteiger partial charge >= 0.3 is 0 Å². The molecule has 0 aliphatic rings. The van der Waals surface area contributed by atoms with E-state index in [-0.39, 0.29) is 0 Å². The topological polar surface area (TPSA) is 22.8 Å². The summed E-state index contributed by atoms with van der Waals surface area (Å²) >= 11 is 0. The van der Waals surface area contributed by atoms with Crippen molar-refractivity contribution in [2.75, 3.05) is 7.11 Å². The van der Waals surface area contributed by atoms with Crippen LogP contribution in [-0.2, 0) is 6.61 Å². The number of rotatable bonds is 4. The average molecular weight is 239 g/mol. The van der Waals surface area contributed by atoms with E-state index in [1.165, 1.54) is 0 Å². The second kappa shape index (κ2) is 5.74. The zero-order valence-electron chi connectivity index (χ0n) is 10.1. The first kappa shape index (κ1) is 12.0. The molecule has 0 aliphatic carbocycles. The lowest BCUT2D eigenvalue weighted by Crippen LogP contribution is -1.97. The molecule has 90 valence electrons. The Balaban J connectivity index is 2.12. The van der Waals surface area contributed by atoms with Crippen molar-refractivity contribution in [3.05, 3.63) is 65.5 Å². The first-order valence-corrected chi connectivity index (χ1v) is 5.55. The van der Waals surface area contributed by atoms with E-state index in [0.29, 0.717) is 23.8 Å². The SMILES string of the molecule is [C-]#[N+]c1ccc(OCc2ccccc2)c(OC)c1. The van der Waals surface area contributed by atoms with Gasteiger partial charge in [-0.15, -0.1) is 0 Å². The van der Waals surface area contributed by atoms with Crippen molar-refractivity contribution in [2.45, 2.75) is 6.61 Å². The maximum absolute atomic E-state index is 6.95. The van der Waals surface area contributed by atoms with E-state index in [9.17, 15) is 0 Å². The minimum absolute atomic E-state index is 0.481. The van der Waals surface area contributed by atoms with Crippen LogP contribution < -0.4 is 9.47 Å². The third-order valence-corrected chi connectivity index (χ3v) is 2.51. The van der Waals surface area contributed by atoms with E-state index in [4.69, 9.17) is 16.0 Å². The Morgan fingerprint density at radius 3 is 2.50 bits per heavy atom. The Bertz CT molecular complexity index is 558. The molecule has 0 atom stereocenters. The molecule has 0 amide bonds. The number of nitrogens with zero attached hydrogens (tertiary/aromatic N) is 1. The van der Waals surface area contributed by atoms with Crippen LogP contribution in [-0.4, -0.2) is 7.11 Å². The molecular formula is C15H13NO2. The normalized spacial score (nSPS) is 9.56. The van der Waals surface area contributed by atoms with Crippen LogP contribution >= 0.6 is 0 Å². The number of methoxy groups -OCH3 is 1. The first-order valence-electron chi connectivity index (χ1n) is 5.55. The van der Waals surface area contributed by atoms with Gasteiger partial charge in [-0.1, -0.05) is 36.4 Å². The van der Waals surface area contributed by atoms with E-state index < -0.39 is 0 Å². The number of ether oxygens (including phenoxy) is 2. The van der Waals surface area contributed by atoms with Crippen LogP contribution in [0.2, 0.25) is 0 Å². The number of hydrogen-bond acceptors (Lipinski definition) is 2. The van der Waals surface area contributed by atoms with Crippen molar-refractivity contribution < 1.29 is 9.47 Å². The Hall–Kier alpha value is -2.47. The van der Waals surface area contributed by atoms with Gasteiger partial charge in [0, 0.05) is 0 Å². The quantitative estimate of drug-likeness (QED) is 0.757. The van der Waals surface area contributed by atoms with E-state index in [2.05, 4.69) is 4.85 Å². The van der Waals surface area contributed by atoms with Crippen LogP contribution in [0.4, 0.5) is 5.69 Å². The molecule has 0 spiro atoms. The summed E-state index contributed by atoms with van der Waals surface area (Å²) in [7, 11) is 1.57. The van der Waals surface area contributed by atoms with Gasteiger partial charge in [0.15, 0.2) is 11.4 Å². The third kappa shape index (κ3) is 2.80. The summed E-state index contributed by atoms with van der Waals surface area (Å²) in [5.74, 6) is 1.23. The maximum Gasteiger partial charge on any atom is 0.191 e. The molecule has 3 heteroatoms. The summed E-state index contributed by atoms with van der Waals surface area (Å²) in [5.41, 5.74) is 1.63. The molecule has 2 aromatic rings. The van der Waals surface area contributed by atoms with Crippen LogP contribution in [0.1, 0.15) is 5.56 Å². The van der Waals surface area contributed by atoms with Crippen molar-refractivity contribution in [2.24, 2.45) is 0 Å². The second-order valence-corrected chi connectivity index (χ2v) is 3.72. The summed E-state index contributed by atoms with van der Waals surface area (Å²) in [5, 5.41) is 0. The zero-order valence-corrected chi connectivity index (χ0v) is 10.1. The van der Waals surface area contributed by atoms with Gasteiger partial charge in [-0.25, -0.2) is 4.85 Å². The highest BCUT2D eigenvalue weighted by molar-refractivity contribution is 5.55. The highest BCUT2D eigenvalue weighted by atomic mass is 16.5. The molecule has 0 N–H and O–H groups in total. The van der Waals surface area contributed by atoms with Crippen molar-refractivity contribution >= 4 is 5.69 Å². The van der Waals surface area contributed by atoms with E-state index >= 15 is 0 Å². The fraction of sp³-hybridized carbons (Fsp3) is 0.133. The largest absolute Gasteiger partial charge is 0.494 e. The van der Waals surface area contributed by atoms with Crippen molar-refractivity contribution in [1.29, 1.82) is 0 Å². The molecule has 2 rings (SSSR count). The summed E-state index contributed by atoms with van der Waals surface area (Å²) < 4.78 is 10.9. The van der Waals surface area contributed by atoms with E-state index in [1.54, 1.807) is 25.3 Å². The Morgan fingerprint density at radius 1 is 1.06 bits per heavy atom. The maximum atomic E-state index is 6.95. The van der Waals surface area contributed by atoms with Crippen LogP contribution in [0.3, 0.4) is 0 Å². The monoisotopic (exact) mass is 239 g/mol. The van der Waals surface area contributed by atoms with E-state index in [1.807, 2.05) is 30.3 Å². The summed E-state index contributed by atoms with van der Waals surface area (Å²) in [6.07, 6.45) is 0. The predicted octanol–water partition coefficient (Wildman–Crippen LogP) is 3.82. The molecule has 0 aliphatic heterocycles. The molecule has 2 aromatic carbocycles. The lowest BCUT2D eigenvalue weighted by molar-refractivity contribution is 0.284. The Morgan fingerprint density at radius 2 is 1.83 bits per heavy atom. The molecule has 0 saturated heterocycles. The third-order valence-electron chi connectivity index (χ3n) is 2.51. The molecule has 3 nitrogen and oxygen atoms in total. The summed E-state index contributed by atoms with van der Waals surface area (Å²) in [6.45, 7) is 7.43. The van der Waals surface area contributed by atoms with Gasteiger partial charge in [0.25, 0.3) is 0 Å². The molecule has 0 aromatic heterocycles. The minimum Gasteiger partial charge on any atom is -0.494 e. The van der Waals surface area contributed by atoms with Crippen molar-refractivity contribution in [3.8, 4) is 11.5 Å². The average Bonchev–Trinajstić information content (AvgIpc) is 2.46. The number of hydrogen-bond donors (Lipinski definition) is 0. The second-order valence-electron chi connectivity index (χ2n) is 3.72. The highest BCUT2D eigenvalue weighted by Crippen LogP contribution is 2.31. The summed E-state index contributed by atoms with van der Waals surface area (Å²) in [6, 6.07) is 15.1. The number of benzene rings is 2.